The summed E-state index contributed by atoms with van der Waals surface area (Å²) in [5.41, 5.74) is 1.28. The smallest absolute Gasteiger partial charge is 0.329 e. The van der Waals surface area contributed by atoms with Gasteiger partial charge in [0.25, 0.3) is 0 Å². The van der Waals surface area contributed by atoms with Crippen molar-refractivity contribution in [2.45, 2.75) is 19.9 Å². The van der Waals surface area contributed by atoms with Gasteiger partial charge in [-0.1, -0.05) is 18.2 Å². The SMILES string of the molecule is CC(C)NC(=O)N(c1ccccc1)c1ncc2cn[nH]c2n1. The molecule has 3 rings (SSSR count). The van der Waals surface area contributed by atoms with Crippen LogP contribution in [0.15, 0.2) is 42.7 Å². The molecule has 22 heavy (non-hydrogen) atoms. The van der Waals surface area contributed by atoms with E-state index in [2.05, 4.69) is 25.5 Å². The Bertz CT molecular complexity index is 783. The quantitative estimate of drug-likeness (QED) is 0.777. The maximum absolute atomic E-state index is 12.5. The first-order valence-electron chi connectivity index (χ1n) is 6.97. The van der Waals surface area contributed by atoms with Crippen LogP contribution in [0.1, 0.15) is 13.8 Å². The van der Waals surface area contributed by atoms with Gasteiger partial charge in [0.15, 0.2) is 5.65 Å². The normalized spacial score (nSPS) is 10.9. The number of nitrogens with zero attached hydrogens (tertiary/aromatic N) is 4. The molecule has 0 radical (unpaired) electrons. The van der Waals surface area contributed by atoms with E-state index in [1.54, 1.807) is 12.4 Å². The van der Waals surface area contributed by atoms with Gasteiger partial charge in [-0.2, -0.15) is 10.1 Å². The van der Waals surface area contributed by atoms with Gasteiger partial charge in [0.05, 0.1) is 17.3 Å². The molecule has 0 atom stereocenters. The molecule has 1 aromatic carbocycles. The fourth-order valence-corrected chi connectivity index (χ4v) is 2.05. The van der Waals surface area contributed by atoms with Gasteiger partial charge in [0.2, 0.25) is 5.95 Å². The fraction of sp³-hybridized carbons (Fsp3) is 0.200. The summed E-state index contributed by atoms with van der Waals surface area (Å²) in [5, 5.41) is 10.4. The Kier molecular flexibility index (Phi) is 3.69. The summed E-state index contributed by atoms with van der Waals surface area (Å²) in [5.74, 6) is 0.293. The van der Waals surface area contributed by atoms with E-state index in [9.17, 15) is 4.79 Å². The van der Waals surface area contributed by atoms with Crippen LogP contribution in [0.25, 0.3) is 11.0 Å². The Balaban J connectivity index is 2.05. The summed E-state index contributed by atoms with van der Waals surface area (Å²) in [6.45, 7) is 3.81. The molecule has 2 N–H and O–H groups in total. The predicted molar refractivity (Wildman–Crippen MR) is 83.9 cm³/mol. The molecule has 2 amide bonds. The monoisotopic (exact) mass is 296 g/mol. The third kappa shape index (κ3) is 2.73. The van der Waals surface area contributed by atoms with Crippen molar-refractivity contribution in [1.82, 2.24) is 25.5 Å². The fourth-order valence-electron chi connectivity index (χ4n) is 2.05. The first kappa shape index (κ1) is 14.0. The maximum Gasteiger partial charge on any atom is 0.329 e. The first-order valence-corrected chi connectivity index (χ1v) is 6.97. The lowest BCUT2D eigenvalue weighted by atomic mass is 10.3. The number of para-hydroxylation sites is 1. The zero-order chi connectivity index (χ0) is 15.5. The van der Waals surface area contributed by atoms with E-state index in [1.807, 2.05) is 44.2 Å². The standard InChI is InChI=1S/C15H16N6O/c1-10(2)18-15(22)21(12-6-4-3-5-7-12)14-16-8-11-9-17-20-13(11)19-14/h3-10H,1-2H3,(H,18,22)(H,16,17,19,20). The number of hydrogen-bond acceptors (Lipinski definition) is 4. The Labute approximate surface area is 127 Å². The Morgan fingerprint density at radius 3 is 2.73 bits per heavy atom. The van der Waals surface area contributed by atoms with Crippen LogP contribution in [0.3, 0.4) is 0 Å². The molecule has 0 aliphatic heterocycles. The van der Waals surface area contributed by atoms with Crippen molar-refractivity contribution in [3.8, 4) is 0 Å². The van der Waals surface area contributed by atoms with E-state index in [0.29, 0.717) is 17.3 Å². The van der Waals surface area contributed by atoms with Gasteiger partial charge < -0.3 is 5.32 Å². The molecule has 3 aromatic rings. The van der Waals surface area contributed by atoms with Crippen molar-refractivity contribution in [2.24, 2.45) is 0 Å². The summed E-state index contributed by atoms with van der Waals surface area (Å²) >= 11 is 0. The van der Waals surface area contributed by atoms with Crippen molar-refractivity contribution in [3.05, 3.63) is 42.7 Å². The van der Waals surface area contributed by atoms with Crippen molar-refractivity contribution >= 4 is 28.7 Å². The number of aromatic nitrogens is 4. The van der Waals surface area contributed by atoms with Crippen molar-refractivity contribution in [2.75, 3.05) is 4.90 Å². The molecule has 7 heteroatoms. The van der Waals surface area contributed by atoms with Crippen LogP contribution >= 0.6 is 0 Å². The molecule has 0 fully saturated rings. The molecule has 7 nitrogen and oxygen atoms in total. The molecule has 2 heterocycles. The number of aromatic amines is 1. The predicted octanol–water partition coefficient (Wildman–Crippen LogP) is 2.61. The lowest BCUT2D eigenvalue weighted by Crippen LogP contribution is -2.41. The van der Waals surface area contributed by atoms with Crippen molar-refractivity contribution in [1.29, 1.82) is 0 Å². The summed E-state index contributed by atoms with van der Waals surface area (Å²) in [7, 11) is 0. The van der Waals surface area contributed by atoms with Crippen LogP contribution < -0.4 is 10.2 Å². The van der Waals surface area contributed by atoms with Crippen LogP contribution in [0, 0.1) is 0 Å². The number of H-pyrrole nitrogens is 1. The number of nitrogens with one attached hydrogen (secondary N) is 2. The summed E-state index contributed by atoms with van der Waals surface area (Å²) in [4.78, 5) is 22.6. The van der Waals surface area contributed by atoms with Gasteiger partial charge in [-0.25, -0.2) is 14.7 Å². The number of amides is 2. The third-order valence-electron chi connectivity index (χ3n) is 3.01. The lowest BCUT2D eigenvalue weighted by molar-refractivity contribution is 0.246. The van der Waals surface area contributed by atoms with Crippen LogP contribution in [-0.2, 0) is 0 Å². The van der Waals surface area contributed by atoms with Gasteiger partial charge in [-0.15, -0.1) is 0 Å². The molecule has 0 saturated carbocycles. The topological polar surface area (TPSA) is 86.8 Å². The Morgan fingerprint density at radius 2 is 2.00 bits per heavy atom. The highest BCUT2D eigenvalue weighted by Crippen LogP contribution is 2.23. The van der Waals surface area contributed by atoms with E-state index in [4.69, 9.17) is 0 Å². The Morgan fingerprint density at radius 1 is 1.23 bits per heavy atom. The highest BCUT2D eigenvalue weighted by Gasteiger charge is 2.21. The number of carbonyl (C=O) groups is 1. The number of benzene rings is 1. The third-order valence-corrected chi connectivity index (χ3v) is 3.01. The average Bonchev–Trinajstić information content (AvgIpc) is 2.95. The Hall–Kier alpha value is -2.96. The van der Waals surface area contributed by atoms with Crippen LogP contribution in [0.2, 0.25) is 0 Å². The van der Waals surface area contributed by atoms with E-state index in [0.717, 1.165) is 5.39 Å². The van der Waals surface area contributed by atoms with Gasteiger partial charge in [-0.05, 0) is 26.0 Å². The van der Waals surface area contributed by atoms with Crippen LogP contribution in [-0.4, -0.2) is 32.2 Å². The zero-order valence-corrected chi connectivity index (χ0v) is 12.3. The summed E-state index contributed by atoms with van der Waals surface area (Å²) in [6, 6.07) is 9.01. The summed E-state index contributed by atoms with van der Waals surface area (Å²) < 4.78 is 0. The van der Waals surface area contributed by atoms with Gasteiger partial charge in [-0.3, -0.25) is 5.10 Å². The highest BCUT2D eigenvalue weighted by atomic mass is 16.2. The molecule has 0 unspecified atom stereocenters. The molecule has 0 saturated heterocycles. The average molecular weight is 296 g/mol. The lowest BCUT2D eigenvalue weighted by Gasteiger charge is -2.22. The number of anilines is 2. The second-order valence-corrected chi connectivity index (χ2v) is 5.12. The molecule has 0 aliphatic rings. The minimum Gasteiger partial charge on any atom is -0.335 e. The number of urea groups is 1. The van der Waals surface area contributed by atoms with Crippen LogP contribution in [0.5, 0.6) is 0 Å². The molecule has 0 bridgehead atoms. The summed E-state index contributed by atoms with van der Waals surface area (Å²) in [6.07, 6.45) is 3.28. The zero-order valence-electron chi connectivity index (χ0n) is 12.3. The molecular weight excluding hydrogens is 280 g/mol. The van der Waals surface area contributed by atoms with Gasteiger partial charge in [0.1, 0.15) is 0 Å². The first-order chi connectivity index (χ1) is 10.6. The second-order valence-electron chi connectivity index (χ2n) is 5.12. The van der Waals surface area contributed by atoms with E-state index in [1.165, 1.54) is 4.90 Å². The van der Waals surface area contributed by atoms with E-state index < -0.39 is 0 Å². The van der Waals surface area contributed by atoms with Crippen molar-refractivity contribution < 1.29 is 4.79 Å². The minimum atomic E-state index is -0.278. The maximum atomic E-state index is 12.5. The van der Waals surface area contributed by atoms with E-state index >= 15 is 0 Å². The second kappa shape index (κ2) is 5.80. The van der Waals surface area contributed by atoms with Gasteiger partial charge >= 0.3 is 6.03 Å². The molecule has 0 spiro atoms. The molecule has 2 aromatic heterocycles. The van der Waals surface area contributed by atoms with Crippen molar-refractivity contribution in [3.63, 3.8) is 0 Å². The molecule has 0 aliphatic carbocycles. The minimum absolute atomic E-state index is 0.00889. The number of hydrogen-bond donors (Lipinski definition) is 2. The highest BCUT2D eigenvalue weighted by molar-refractivity contribution is 5.98. The number of fused-ring (bicyclic) bond motifs is 1. The molecule has 112 valence electrons. The van der Waals surface area contributed by atoms with Crippen LogP contribution in [0.4, 0.5) is 16.4 Å². The number of carbonyl (C=O) groups excluding carboxylic acids is 1. The van der Waals surface area contributed by atoms with Gasteiger partial charge in [0, 0.05) is 12.2 Å². The molecular formula is C15H16N6O. The number of rotatable bonds is 3. The van der Waals surface area contributed by atoms with E-state index in [-0.39, 0.29) is 12.1 Å². The largest absolute Gasteiger partial charge is 0.335 e.